The van der Waals surface area contributed by atoms with E-state index < -0.39 is 10.8 Å². The van der Waals surface area contributed by atoms with E-state index in [1.165, 1.54) is 25.3 Å². The highest BCUT2D eigenvalue weighted by Crippen LogP contribution is 2.33. The molecule has 1 N–H and O–H groups in total. The molecule has 7 heteroatoms. The summed E-state index contributed by atoms with van der Waals surface area (Å²) in [7, 11) is 1.36. The van der Waals surface area contributed by atoms with Crippen LogP contribution in [0.4, 0.5) is 11.4 Å². The van der Waals surface area contributed by atoms with Crippen LogP contribution in [0, 0.1) is 10.1 Å². The van der Waals surface area contributed by atoms with E-state index in [-0.39, 0.29) is 23.0 Å². The monoisotopic (exact) mass is 244 g/mol. The number of nitro groups is 1. The van der Waals surface area contributed by atoms with Gasteiger partial charge in [0.15, 0.2) is 5.69 Å². The van der Waals surface area contributed by atoms with Crippen molar-refractivity contribution in [1.29, 1.82) is 0 Å². The summed E-state index contributed by atoms with van der Waals surface area (Å²) < 4.78 is 4.92. The third kappa shape index (κ3) is 2.60. The molecule has 0 aliphatic rings. The van der Waals surface area contributed by atoms with E-state index in [4.69, 9.17) is 16.3 Å². The van der Waals surface area contributed by atoms with Crippen LogP contribution in [-0.2, 0) is 4.79 Å². The Balaban J connectivity index is 3.19. The Morgan fingerprint density at radius 2 is 2.31 bits per heavy atom. The molecule has 0 aromatic heterocycles. The van der Waals surface area contributed by atoms with Gasteiger partial charge in [0.25, 0.3) is 5.69 Å². The second kappa shape index (κ2) is 5.32. The molecule has 1 rings (SSSR count). The van der Waals surface area contributed by atoms with Crippen LogP contribution in [0.2, 0.25) is 0 Å². The van der Waals surface area contributed by atoms with Crippen molar-refractivity contribution in [3.8, 4) is 5.75 Å². The molecule has 16 heavy (non-hydrogen) atoms. The second-order valence-electron chi connectivity index (χ2n) is 2.79. The smallest absolute Gasteiger partial charge is 0.296 e. The number of nitrogens with one attached hydrogen (secondary N) is 1. The minimum absolute atomic E-state index is 0.0145. The van der Waals surface area contributed by atoms with E-state index in [2.05, 4.69) is 5.32 Å². The summed E-state index contributed by atoms with van der Waals surface area (Å²) in [6.45, 7) is 0. The zero-order chi connectivity index (χ0) is 12.1. The number of hydrogen-bond acceptors (Lipinski definition) is 4. The van der Waals surface area contributed by atoms with Crippen LogP contribution in [0.1, 0.15) is 0 Å². The van der Waals surface area contributed by atoms with Crippen LogP contribution in [0.25, 0.3) is 0 Å². The predicted octanol–water partition coefficient (Wildman–Crippen LogP) is 1.78. The molecule has 1 aromatic rings. The van der Waals surface area contributed by atoms with Crippen LogP contribution in [-0.4, -0.2) is 23.8 Å². The Kier molecular flexibility index (Phi) is 4.07. The Hall–Kier alpha value is -1.82. The molecule has 0 unspecified atom stereocenters. The van der Waals surface area contributed by atoms with Gasteiger partial charge in [0.05, 0.1) is 12.0 Å². The number of anilines is 1. The number of para-hydroxylation sites is 1. The number of alkyl halides is 1. The molecular weight excluding hydrogens is 236 g/mol. The average Bonchev–Trinajstić information content (AvgIpc) is 2.28. The summed E-state index contributed by atoms with van der Waals surface area (Å²) in [4.78, 5) is 21.2. The first-order valence-electron chi connectivity index (χ1n) is 4.27. The van der Waals surface area contributed by atoms with E-state index in [0.717, 1.165) is 0 Å². The first-order valence-corrected chi connectivity index (χ1v) is 4.80. The lowest BCUT2D eigenvalue weighted by molar-refractivity contribution is -0.384. The van der Waals surface area contributed by atoms with E-state index in [1.54, 1.807) is 0 Å². The molecule has 0 bridgehead atoms. The second-order valence-corrected chi connectivity index (χ2v) is 3.06. The number of halogens is 1. The van der Waals surface area contributed by atoms with Crippen molar-refractivity contribution in [3.05, 3.63) is 28.3 Å². The molecule has 1 amide bonds. The fourth-order valence-electron chi connectivity index (χ4n) is 1.14. The first-order chi connectivity index (χ1) is 7.60. The van der Waals surface area contributed by atoms with Gasteiger partial charge < -0.3 is 10.1 Å². The fourth-order valence-corrected chi connectivity index (χ4v) is 1.21. The van der Waals surface area contributed by atoms with Gasteiger partial charge in [-0.1, -0.05) is 6.07 Å². The molecule has 0 atom stereocenters. The topological polar surface area (TPSA) is 81.5 Å². The number of methoxy groups -OCH3 is 1. The number of nitrogens with zero attached hydrogens (tertiary/aromatic N) is 1. The van der Waals surface area contributed by atoms with E-state index >= 15 is 0 Å². The van der Waals surface area contributed by atoms with Crippen LogP contribution in [0.15, 0.2) is 18.2 Å². The molecule has 0 spiro atoms. The van der Waals surface area contributed by atoms with E-state index in [0.29, 0.717) is 0 Å². The SMILES string of the molecule is COc1cccc([N+](=O)[O-])c1NC(=O)CCl. The summed E-state index contributed by atoms with van der Waals surface area (Å²) in [5.41, 5.74) is -0.224. The van der Waals surface area contributed by atoms with Gasteiger partial charge in [-0.25, -0.2) is 0 Å². The predicted molar refractivity (Wildman–Crippen MR) is 59.0 cm³/mol. The Morgan fingerprint density at radius 1 is 1.62 bits per heavy atom. The highest BCUT2D eigenvalue weighted by Gasteiger charge is 2.19. The van der Waals surface area contributed by atoms with Gasteiger partial charge in [-0.15, -0.1) is 11.6 Å². The van der Waals surface area contributed by atoms with E-state index in [9.17, 15) is 14.9 Å². The maximum absolute atomic E-state index is 11.1. The molecule has 0 radical (unpaired) electrons. The van der Waals surface area contributed by atoms with Crippen molar-refractivity contribution in [2.75, 3.05) is 18.3 Å². The molecule has 0 saturated heterocycles. The molecule has 6 nitrogen and oxygen atoms in total. The number of hydrogen-bond donors (Lipinski definition) is 1. The molecule has 0 heterocycles. The summed E-state index contributed by atoms with van der Waals surface area (Å²) in [5.74, 6) is -0.600. The van der Waals surface area contributed by atoms with Gasteiger partial charge in [-0.05, 0) is 6.07 Å². The summed E-state index contributed by atoms with van der Waals surface area (Å²) in [5, 5.41) is 13.0. The van der Waals surface area contributed by atoms with E-state index in [1.807, 2.05) is 0 Å². The van der Waals surface area contributed by atoms with Gasteiger partial charge in [-0.3, -0.25) is 14.9 Å². The number of carbonyl (C=O) groups is 1. The Labute approximate surface area is 96.3 Å². The summed E-state index contributed by atoms with van der Waals surface area (Å²) in [6.07, 6.45) is 0. The lowest BCUT2D eigenvalue weighted by Crippen LogP contribution is -2.14. The third-order valence-corrected chi connectivity index (χ3v) is 2.05. The number of benzene rings is 1. The molecule has 0 saturated carbocycles. The fraction of sp³-hybridized carbons (Fsp3) is 0.222. The van der Waals surface area contributed by atoms with Crippen molar-refractivity contribution >= 4 is 28.9 Å². The van der Waals surface area contributed by atoms with Gasteiger partial charge in [-0.2, -0.15) is 0 Å². The zero-order valence-electron chi connectivity index (χ0n) is 8.40. The molecule has 0 fully saturated rings. The maximum Gasteiger partial charge on any atom is 0.296 e. The standard InChI is InChI=1S/C9H9ClN2O4/c1-16-7-4-2-3-6(12(14)15)9(7)11-8(13)5-10/h2-4H,5H2,1H3,(H,11,13). The maximum atomic E-state index is 11.1. The van der Waals surface area contributed by atoms with Crippen LogP contribution in [0.5, 0.6) is 5.75 Å². The average molecular weight is 245 g/mol. The molecular formula is C9H9ClN2O4. The minimum atomic E-state index is -0.605. The van der Waals surface area contributed by atoms with Crippen molar-refractivity contribution in [2.45, 2.75) is 0 Å². The lowest BCUT2D eigenvalue weighted by atomic mass is 10.2. The first kappa shape index (κ1) is 12.3. The van der Waals surface area contributed by atoms with Crippen molar-refractivity contribution in [3.63, 3.8) is 0 Å². The van der Waals surface area contributed by atoms with Crippen LogP contribution in [0.3, 0.4) is 0 Å². The van der Waals surface area contributed by atoms with Crippen molar-refractivity contribution < 1.29 is 14.5 Å². The zero-order valence-corrected chi connectivity index (χ0v) is 9.15. The third-order valence-electron chi connectivity index (χ3n) is 1.81. The molecule has 1 aromatic carbocycles. The van der Waals surface area contributed by atoms with Gasteiger partial charge >= 0.3 is 0 Å². The van der Waals surface area contributed by atoms with Crippen LogP contribution >= 0.6 is 11.6 Å². The quantitative estimate of drug-likeness (QED) is 0.497. The largest absolute Gasteiger partial charge is 0.494 e. The number of rotatable bonds is 4. The molecule has 0 aliphatic heterocycles. The van der Waals surface area contributed by atoms with Crippen LogP contribution < -0.4 is 10.1 Å². The summed E-state index contributed by atoms with van der Waals surface area (Å²) >= 11 is 5.31. The highest BCUT2D eigenvalue weighted by molar-refractivity contribution is 6.29. The van der Waals surface area contributed by atoms with Gasteiger partial charge in [0.1, 0.15) is 11.6 Å². The number of amides is 1. The number of ether oxygens (including phenoxy) is 1. The molecule has 86 valence electrons. The van der Waals surface area contributed by atoms with Gasteiger partial charge in [0.2, 0.25) is 5.91 Å². The Morgan fingerprint density at radius 3 is 2.81 bits per heavy atom. The minimum Gasteiger partial charge on any atom is -0.494 e. The summed E-state index contributed by atoms with van der Waals surface area (Å²) in [6, 6.07) is 4.25. The lowest BCUT2D eigenvalue weighted by Gasteiger charge is -2.08. The van der Waals surface area contributed by atoms with Gasteiger partial charge in [0, 0.05) is 6.07 Å². The van der Waals surface area contributed by atoms with Crippen molar-refractivity contribution in [2.24, 2.45) is 0 Å². The highest BCUT2D eigenvalue weighted by atomic mass is 35.5. The Bertz CT molecular complexity index is 422. The number of nitro benzene ring substituents is 1. The van der Waals surface area contributed by atoms with Crippen molar-refractivity contribution in [1.82, 2.24) is 0 Å². The molecule has 0 aliphatic carbocycles. The number of carbonyl (C=O) groups excluding carboxylic acids is 1. The normalized spacial score (nSPS) is 9.62.